The van der Waals surface area contributed by atoms with Gasteiger partial charge in [0.15, 0.2) is 0 Å². The molecular formula is C18H28N2O. The van der Waals surface area contributed by atoms with E-state index in [0.29, 0.717) is 18.4 Å². The molecule has 0 aromatic heterocycles. The highest BCUT2D eigenvalue weighted by molar-refractivity contribution is 5.76. The maximum atomic E-state index is 12.2. The summed E-state index contributed by atoms with van der Waals surface area (Å²) in [6, 6.07) is 8.16. The topological polar surface area (TPSA) is 55.1 Å². The van der Waals surface area contributed by atoms with Crippen LogP contribution < -0.4 is 11.1 Å². The predicted octanol–water partition coefficient (Wildman–Crippen LogP) is 3.68. The van der Waals surface area contributed by atoms with Gasteiger partial charge in [-0.25, -0.2) is 0 Å². The Morgan fingerprint density at radius 2 is 2.10 bits per heavy atom. The van der Waals surface area contributed by atoms with Crippen molar-refractivity contribution >= 4 is 11.6 Å². The van der Waals surface area contributed by atoms with Gasteiger partial charge in [0, 0.05) is 18.2 Å². The van der Waals surface area contributed by atoms with Gasteiger partial charge in [-0.2, -0.15) is 0 Å². The summed E-state index contributed by atoms with van der Waals surface area (Å²) >= 11 is 0. The number of nitrogens with one attached hydrogen (secondary N) is 1. The van der Waals surface area contributed by atoms with Crippen molar-refractivity contribution in [3.05, 3.63) is 29.8 Å². The van der Waals surface area contributed by atoms with Gasteiger partial charge in [-0.05, 0) is 49.3 Å². The van der Waals surface area contributed by atoms with Crippen molar-refractivity contribution in [2.24, 2.45) is 5.92 Å². The zero-order valence-electron chi connectivity index (χ0n) is 13.1. The number of amides is 1. The van der Waals surface area contributed by atoms with Crippen LogP contribution in [0.1, 0.15) is 57.4 Å². The minimum atomic E-state index is 0.176. The van der Waals surface area contributed by atoms with Crippen LogP contribution in [0.2, 0.25) is 0 Å². The van der Waals surface area contributed by atoms with Crippen molar-refractivity contribution in [3.8, 4) is 0 Å². The summed E-state index contributed by atoms with van der Waals surface area (Å²) in [5, 5.41) is 3.25. The lowest BCUT2D eigenvalue weighted by Gasteiger charge is -2.30. The van der Waals surface area contributed by atoms with Gasteiger partial charge >= 0.3 is 0 Å². The van der Waals surface area contributed by atoms with Gasteiger partial charge in [0.2, 0.25) is 5.91 Å². The lowest BCUT2D eigenvalue weighted by Crippen LogP contribution is -2.40. The summed E-state index contributed by atoms with van der Waals surface area (Å²) in [4.78, 5) is 12.2. The summed E-state index contributed by atoms with van der Waals surface area (Å²) in [5.74, 6) is 0.856. The second-order valence-corrected chi connectivity index (χ2v) is 6.23. The summed E-state index contributed by atoms with van der Waals surface area (Å²) in [6.07, 6.45) is 8.89. The third kappa shape index (κ3) is 5.07. The molecule has 0 aliphatic heterocycles. The van der Waals surface area contributed by atoms with Gasteiger partial charge < -0.3 is 11.1 Å². The molecule has 1 atom stereocenters. The number of carbonyl (C=O) groups excluding carboxylic acids is 1. The highest BCUT2D eigenvalue weighted by Gasteiger charge is 2.23. The first-order chi connectivity index (χ1) is 10.2. The minimum Gasteiger partial charge on any atom is -0.399 e. The van der Waals surface area contributed by atoms with Gasteiger partial charge in [-0.1, -0.05) is 38.3 Å². The average molecular weight is 288 g/mol. The van der Waals surface area contributed by atoms with E-state index in [9.17, 15) is 4.79 Å². The number of carbonyl (C=O) groups is 1. The summed E-state index contributed by atoms with van der Waals surface area (Å²) in [6.45, 7) is 2.18. The number of hydrogen-bond donors (Lipinski definition) is 2. The maximum Gasteiger partial charge on any atom is 0.220 e. The van der Waals surface area contributed by atoms with E-state index in [2.05, 4.69) is 12.2 Å². The number of anilines is 1. The van der Waals surface area contributed by atoms with E-state index in [-0.39, 0.29) is 5.91 Å². The summed E-state index contributed by atoms with van der Waals surface area (Å²) in [5.41, 5.74) is 7.66. The minimum absolute atomic E-state index is 0.176. The Morgan fingerprint density at radius 3 is 2.76 bits per heavy atom. The van der Waals surface area contributed by atoms with Gasteiger partial charge in [0.25, 0.3) is 0 Å². The lowest BCUT2D eigenvalue weighted by atomic mass is 9.83. The van der Waals surface area contributed by atoms with E-state index < -0.39 is 0 Å². The van der Waals surface area contributed by atoms with E-state index in [0.717, 1.165) is 24.1 Å². The standard InChI is InChI=1S/C18H28N2O/c1-2-17(15-8-4-3-5-9-15)20-18(21)12-11-14-7-6-10-16(19)13-14/h6-7,10,13,15,17H,2-5,8-9,11-12,19H2,1H3,(H,20,21). The number of nitrogen functional groups attached to an aromatic ring is 1. The second-order valence-electron chi connectivity index (χ2n) is 6.23. The number of hydrogen-bond acceptors (Lipinski definition) is 2. The summed E-state index contributed by atoms with van der Waals surface area (Å²) in [7, 11) is 0. The van der Waals surface area contributed by atoms with E-state index in [1.807, 2.05) is 24.3 Å². The zero-order chi connectivity index (χ0) is 15.1. The third-order valence-corrected chi connectivity index (χ3v) is 4.60. The maximum absolute atomic E-state index is 12.2. The highest BCUT2D eigenvalue weighted by Crippen LogP contribution is 2.27. The Kier molecular flexibility index (Phi) is 6.09. The molecule has 1 aromatic carbocycles. The molecule has 1 unspecified atom stereocenters. The normalized spacial score (nSPS) is 17.4. The fourth-order valence-corrected chi connectivity index (χ4v) is 3.38. The smallest absolute Gasteiger partial charge is 0.220 e. The van der Waals surface area contributed by atoms with Crippen molar-refractivity contribution in [2.75, 3.05) is 5.73 Å². The Hall–Kier alpha value is -1.51. The van der Waals surface area contributed by atoms with Crippen molar-refractivity contribution in [1.29, 1.82) is 0 Å². The monoisotopic (exact) mass is 288 g/mol. The van der Waals surface area contributed by atoms with Gasteiger partial charge in [0.1, 0.15) is 0 Å². The van der Waals surface area contributed by atoms with Gasteiger partial charge in [-0.3, -0.25) is 4.79 Å². The molecule has 21 heavy (non-hydrogen) atoms. The average Bonchev–Trinajstić information content (AvgIpc) is 2.51. The van der Waals surface area contributed by atoms with Crippen molar-refractivity contribution in [1.82, 2.24) is 5.32 Å². The van der Waals surface area contributed by atoms with Crippen LogP contribution in [0.25, 0.3) is 0 Å². The first kappa shape index (κ1) is 15.9. The van der Waals surface area contributed by atoms with Crippen LogP contribution in [0.4, 0.5) is 5.69 Å². The molecule has 0 bridgehead atoms. The molecule has 2 rings (SSSR count). The molecule has 3 N–H and O–H groups in total. The zero-order valence-corrected chi connectivity index (χ0v) is 13.1. The third-order valence-electron chi connectivity index (χ3n) is 4.60. The predicted molar refractivity (Wildman–Crippen MR) is 88.0 cm³/mol. The SMILES string of the molecule is CCC(NC(=O)CCc1cccc(N)c1)C1CCCCC1. The molecule has 1 fully saturated rings. The van der Waals surface area contributed by atoms with Gasteiger partial charge in [0.05, 0.1) is 0 Å². The van der Waals surface area contributed by atoms with Crippen molar-refractivity contribution in [3.63, 3.8) is 0 Å². The van der Waals surface area contributed by atoms with E-state index in [1.165, 1.54) is 32.1 Å². The Balaban J connectivity index is 1.79. The van der Waals surface area contributed by atoms with Crippen LogP contribution in [0, 0.1) is 5.92 Å². The highest BCUT2D eigenvalue weighted by atomic mass is 16.1. The quantitative estimate of drug-likeness (QED) is 0.785. The lowest BCUT2D eigenvalue weighted by molar-refractivity contribution is -0.122. The van der Waals surface area contributed by atoms with E-state index in [4.69, 9.17) is 5.73 Å². The second kappa shape index (κ2) is 8.06. The number of rotatable bonds is 6. The van der Waals surface area contributed by atoms with Crippen LogP contribution in [-0.4, -0.2) is 11.9 Å². The molecule has 1 aliphatic rings. The van der Waals surface area contributed by atoms with Crippen molar-refractivity contribution < 1.29 is 4.79 Å². The van der Waals surface area contributed by atoms with Crippen LogP contribution in [0.5, 0.6) is 0 Å². The van der Waals surface area contributed by atoms with Crippen LogP contribution in [-0.2, 0) is 11.2 Å². The molecule has 1 saturated carbocycles. The van der Waals surface area contributed by atoms with Crippen LogP contribution in [0.3, 0.4) is 0 Å². The molecule has 1 aromatic rings. The fourth-order valence-electron chi connectivity index (χ4n) is 3.38. The van der Waals surface area contributed by atoms with E-state index >= 15 is 0 Å². The van der Waals surface area contributed by atoms with Gasteiger partial charge in [-0.15, -0.1) is 0 Å². The van der Waals surface area contributed by atoms with Crippen LogP contribution in [0.15, 0.2) is 24.3 Å². The molecule has 1 amide bonds. The molecular weight excluding hydrogens is 260 g/mol. The van der Waals surface area contributed by atoms with Crippen molar-refractivity contribution in [2.45, 2.75) is 64.3 Å². The molecule has 0 spiro atoms. The Bertz CT molecular complexity index is 452. The largest absolute Gasteiger partial charge is 0.399 e. The first-order valence-electron chi connectivity index (χ1n) is 8.33. The molecule has 0 radical (unpaired) electrons. The summed E-state index contributed by atoms with van der Waals surface area (Å²) < 4.78 is 0. The molecule has 3 heteroatoms. The number of benzene rings is 1. The van der Waals surface area contributed by atoms with E-state index in [1.54, 1.807) is 0 Å². The Labute approximate surface area is 128 Å². The number of nitrogens with two attached hydrogens (primary N) is 1. The molecule has 0 saturated heterocycles. The Morgan fingerprint density at radius 1 is 1.33 bits per heavy atom. The molecule has 116 valence electrons. The molecule has 1 aliphatic carbocycles. The first-order valence-corrected chi connectivity index (χ1v) is 8.33. The van der Waals surface area contributed by atoms with Crippen LogP contribution >= 0.6 is 0 Å². The molecule has 3 nitrogen and oxygen atoms in total. The number of aryl methyl sites for hydroxylation is 1. The fraction of sp³-hybridized carbons (Fsp3) is 0.611. The molecule has 0 heterocycles.